The van der Waals surface area contributed by atoms with Crippen molar-refractivity contribution in [2.24, 2.45) is 0 Å². The van der Waals surface area contributed by atoms with Gasteiger partial charge in [0.1, 0.15) is 6.33 Å². The summed E-state index contributed by atoms with van der Waals surface area (Å²) in [6.07, 6.45) is 2.96. The van der Waals surface area contributed by atoms with Gasteiger partial charge in [-0.3, -0.25) is 15.1 Å². The molecular formula is C15H14N6O2. The first-order valence-corrected chi connectivity index (χ1v) is 7.04. The molecule has 0 saturated heterocycles. The molecule has 0 amide bonds. The monoisotopic (exact) mass is 310 g/mol. The summed E-state index contributed by atoms with van der Waals surface area (Å²) >= 11 is 0. The van der Waals surface area contributed by atoms with E-state index in [1.165, 1.54) is 6.33 Å². The van der Waals surface area contributed by atoms with E-state index in [9.17, 15) is 10.1 Å². The quantitative estimate of drug-likeness (QED) is 0.551. The van der Waals surface area contributed by atoms with Crippen LogP contribution in [-0.2, 0) is 0 Å². The van der Waals surface area contributed by atoms with Crippen LogP contribution in [0.1, 0.15) is 6.92 Å². The van der Waals surface area contributed by atoms with Crippen LogP contribution < -0.4 is 10.6 Å². The van der Waals surface area contributed by atoms with Crippen LogP contribution in [0.2, 0.25) is 0 Å². The van der Waals surface area contributed by atoms with E-state index < -0.39 is 4.92 Å². The maximum Gasteiger partial charge on any atom is 0.353 e. The van der Waals surface area contributed by atoms with Crippen molar-refractivity contribution in [2.75, 3.05) is 17.2 Å². The van der Waals surface area contributed by atoms with Crippen LogP contribution in [0.3, 0.4) is 0 Å². The standard InChI is InChI=1S/C15H14N6O2/c1-2-16-14-13(21(22)23)15(19-9-18-14)20-11-7-3-5-10-6-4-8-17-12(10)11/h3-9H,2H2,1H3,(H2,16,18,19,20). The summed E-state index contributed by atoms with van der Waals surface area (Å²) in [5, 5.41) is 18.2. The Balaban J connectivity index is 2.09. The predicted molar refractivity (Wildman–Crippen MR) is 87.9 cm³/mol. The Labute approximate surface area is 131 Å². The number of pyridine rings is 1. The maximum atomic E-state index is 11.4. The molecule has 0 aliphatic rings. The number of nitro groups is 1. The minimum Gasteiger partial charge on any atom is -0.364 e. The first kappa shape index (κ1) is 14.6. The van der Waals surface area contributed by atoms with Gasteiger partial charge in [0.25, 0.3) is 0 Å². The van der Waals surface area contributed by atoms with E-state index in [1.54, 1.807) is 12.3 Å². The molecule has 3 aromatic rings. The van der Waals surface area contributed by atoms with Crippen molar-refractivity contribution in [2.45, 2.75) is 6.92 Å². The zero-order valence-corrected chi connectivity index (χ0v) is 12.4. The highest BCUT2D eigenvalue weighted by Gasteiger charge is 2.23. The number of nitrogens with one attached hydrogen (secondary N) is 2. The van der Waals surface area contributed by atoms with Crippen LogP contribution in [0.25, 0.3) is 10.9 Å². The Morgan fingerprint density at radius 2 is 1.91 bits per heavy atom. The summed E-state index contributed by atoms with van der Waals surface area (Å²) in [4.78, 5) is 23.2. The molecule has 0 fully saturated rings. The van der Waals surface area contributed by atoms with Gasteiger partial charge >= 0.3 is 5.69 Å². The number of fused-ring (bicyclic) bond motifs is 1. The third-order valence-corrected chi connectivity index (χ3v) is 3.23. The summed E-state index contributed by atoms with van der Waals surface area (Å²) in [5.74, 6) is 0.308. The van der Waals surface area contributed by atoms with Gasteiger partial charge in [-0.2, -0.15) is 0 Å². The fourth-order valence-corrected chi connectivity index (χ4v) is 2.27. The number of aromatic nitrogens is 3. The Bertz CT molecular complexity index is 862. The molecule has 0 saturated carbocycles. The second-order valence-corrected chi connectivity index (χ2v) is 4.71. The lowest BCUT2D eigenvalue weighted by Gasteiger charge is -2.10. The third kappa shape index (κ3) is 2.86. The zero-order valence-electron chi connectivity index (χ0n) is 12.4. The molecule has 8 heteroatoms. The smallest absolute Gasteiger partial charge is 0.353 e. The van der Waals surface area contributed by atoms with E-state index in [4.69, 9.17) is 0 Å². The van der Waals surface area contributed by atoms with Gasteiger partial charge in [0.05, 0.1) is 16.1 Å². The molecule has 0 radical (unpaired) electrons. The molecular weight excluding hydrogens is 296 g/mol. The summed E-state index contributed by atoms with van der Waals surface area (Å²) in [5.41, 5.74) is 1.17. The van der Waals surface area contributed by atoms with Crippen LogP contribution in [0.4, 0.5) is 23.0 Å². The Hall–Kier alpha value is -3.29. The molecule has 2 N–H and O–H groups in total. The average Bonchev–Trinajstić information content (AvgIpc) is 2.55. The van der Waals surface area contributed by atoms with E-state index in [0.717, 1.165) is 5.39 Å². The van der Waals surface area contributed by atoms with E-state index in [1.807, 2.05) is 31.2 Å². The molecule has 8 nitrogen and oxygen atoms in total. The molecule has 3 rings (SSSR count). The largest absolute Gasteiger partial charge is 0.364 e. The minimum atomic E-state index is -0.501. The highest BCUT2D eigenvalue weighted by molar-refractivity contribution is 5.92. The molecule has 23 heavy (non-hydrogen) atoms. The van der Waals surface area contributed by atoms with Crippen molar-refractivity contribution in [3.8, 4) is 0 Å². The van der Waals surface area contributed by atoms with Gasteiger partial charge in [-0.05, 0) is 19.1 Å². The Morgan fingerprint density at radius 1 is 1.13 bits per heavy atom. The van der Waals surface area contributed by atoms with Crippen LogP contribution >= 0.6 is 0 Å². The normalized spacial score (nSPS) is 10.5. The lowest BCUT2D eigenvalue weighted by atomic mass is 10.2. The molecule has 2 heterocycles. The van der Waals surface area contributed by atoms with Crippen LogP contribution in [0, 0.1) is 10.1 Å². The van der Waals surface area contributed by atoms with Gasteiger partial charge in [0, 0.05) is 18.1 Å². The van der Waals surface area contributed by atoms with Crippen molar-refractivity contribution >= 4 is 33.9 Å². The fraction of sp³-hybridized carbons (Fsp3) is 0.133. The lowest BCUT2D eigenvalue weighted by Crippen LogP contribution is -2.07. The summed E-state index contributed by atoms with van der Waals surface area (Å²) < 4.78 is 0. The van der Waals surface area contributed by atoms with Gasteiger partial charge in [0.15, 0.2) is 0 Å². The number of nitrogens with zero attached hydrogens (tertiary/aromatic N) is 4. The Morgan fingerprint density at radius 3 is 2.70 bits per heavy atom. The van der Waals surface area contributed by atoms with Crippen molar-refractivity contribution in [3.63, 3.8) is 0 Å². The minimum absolute atomic E-state index is 0.124. The van der Waals surface area contributed by atoms with E-state index >= 15 is 0 Å². The second-order valence-electron chi connectivity index (χ2n) is 4.71. The van der Waals surface area contributed by atoms with Crippen LogP contribution in [0.15, 0.2) is 42.9 Å². The predicted octanol–water partition coefficient (Wildman–Crippen LogP) is 3.11. The molecule has 0 aliphatic carbocycles. The number of rotatable bonds is 5. The zero-order chi connectivity index (χ0) is 16.2. The number of para-hydroxylation sites is 1. The average molecular weight is 310 g/mol. The highest BCUT2D eigenvalue weighted by Crippen LogP contribution is 2.32. The van der Waals surface area contributed by atoms with Crippen LogP contribution in [-0.4, -0.2) is 26.4 Å². The van der Waals surface area contributed by atoms with E-state index in [0.29, 0.717) is 17.7 Å². The Kier molecular flexibility index (Phi) is 3.96. The number of benzene rings is 1. The van der Waals surface area contributed by atoms with Crippen molar-refractivity contribution < 1.29 is 4.92 Å². The fourth-order valence-electron chi connectivity index (χ4n) is 2.27. The number of hydrogen-bond donors (Lipinski definition) is 2. The first-order valence-electron chi connectivity index (χ1n) is 7.04. The highest BCUT2D eigenvalue weighted by atomic mass is 16.6. The third-order valence-electron chi connectivity index (χ3n) is 3.23. The van der Waals surface area contributed by atoms with Gasteiger partial charge in [-0.25, -0.2) is 9.97 Å². The molecule has 116 valence electrons. The SMILES string of the molecule is CCNc1ncnc(Nc2cccc3cccnc23)c1[N+](=O)[O-]. The summed E-state index contributed by atoms with van der Waals surface area (Å²) in [7, 11) is 0. The van der Waals surface area contributed by atoms with Gasteiger partial charge in [0.2, 0.25) is 11.6 Å². The molecule has 2 aromatic heterocycles. The van der Waals surface area contributed by atoms with Gasteiger partial charge in [-0.1, -0.05) is 18.2 Å². The van der Waals surface area contributed by atoms with Gasteiger partial charge < -0.3 is 10.6 Å². The molecule has 0 unspecified atom stereocenters. The summed E-state index contributed by atoms with van der Waals surface area (Å²) in [6, 6.07) is 9.33. The topological polar surface area (TPSA) is 106 Å². The van der Waals surface area contributed by atoms with E-state index in [-0.39, 0.29) is 17.3 Å². The van der Waals surface area contributed by atoms with Crippen LogP contribution in [0.5, 0.6) is 0 Å². The van der Waals surface area contributed by atoms with Crippen molar-refractivity contribution in [3.05, 3.63) is 53.0 Å². The second kappa shape index (κ2) is 6.22. The van der Waals surface area contributed by atoms with Crippen molar-refractivity contribution in [1.29, 1.82) is 0 Å². The molecule has 0 atom stereocenters. The molecule has 0 spiro atoms. The molecule has 0 aliphatic heterocycles. The van der Waals surface area contributed by atoms with E-state index in [2.05, 4.69) is 25.6 Å². The summed E-state index contributed by atoms with van der Waals surface area (Å²) in [6.45, 7) is 2.36. The van der Waals surface area contributed by atoms with Gasteiger partial charge in [-0.15, -0.1) is 0 Å². The first-order chi connectivity index (χ1) is 11.2. The lowest BCUT2D eigenvalue weighted by molar-refractivity contribution is -0.383. The maximum absolute atomic E-state index is 11.4. The number of hydrogen-bond acceptors (Lipinski definition) is 7. The molecule has 1 aromatic carbocycles. The molecule has 0 bridgehead atoms. The van der Waals surface area contributed by atoms with Crippen molar-refractivity contribution in [1.82, 2.24) is 15.0 Å². The number of anilines is 3.